The summed E-state index contributed by atoms with van der Waals surface area (Å²) in [5.74, 6) is -1.26. The van der Waals surface area contributed by atoms with Crippen LogP contribution in [0.15, 0.2) is 61.1 Å². The highest BCUT2D eigenvalue weighted by Crippen LogP contribution is 2.25. The van der Waals surface area contributed by atoms with Gasteiger partial charge in [-0.3, -0.25) is 20.3 Å². The monoisotopic (exact) mass is 465 g/mol. The third kappa shape index (κ3) is 5.09. The second kappa shape index (κ2) is 9.94. The number of carbonyl (C=O) groups is 1. The van der Waals surface area contributed by atoms with Crippen molar-refractivity contribution >= 4 is 23.4 Å². The van der Waals surface area contributed by atoms with Crippen molar-refractivity contribution in [3.8, 4) is 16.9 Å². The van der Waals surface area contributed by atoms with Crippen molar-refractivity contribution in [2.75, 3.05) is 17.9 Å². The van der Waals surface area contributed by atoms with Crippen LogP contribution in [0.2, 0.25) is 0 Å². The lowest BCUT2D eigenvalue weighted by atomic mass is 10.1. The number of pyridine rings is 2. The molecule has 4 aromatic rings. The van der Waals surface area contributed by atoms with E-state index in [2.05, 4.69) is 31.2 Å². The van der Waals surface area contributed by atoms with E-state index in [1.165, 1.54) is 19.2 Å². The van der Waals surface area contributed by atoms with Crippen LogP contribution >= 0.6 is 0 Å². The largest absolute Gasteiger partial charge is 0.494 e. The number of rotatable bonds is 8. The van der Waals surface area contributed by atoms with Crippen LogP contribution < -0.4 is 20.9 Å². The van der Waals surface area contributed by atoms with Crippen molar-refractivity contribution in [2.45, 2.75) is 6.42 Å². The number of hydrazine groups is 1. The third-order valence-electron chi connectivity index (χ3n) is 4.96. The van der Waals surface area contributed by atoms with E-state index in [9.17, 15) is 13.6 Å². The van der Waals surface area contributed by atoms with E-state index in [1.54, 1.807) is 29.3 Å². The summed E-state index contributed by atoms with van der Waals surface area (Å²) in [4.78, 5) is 20.7. The van der Waals surface area contributed by atoms with Crippen molar-refractivity contribution in [2.24, 2.45) is 7.05 Å². The molecule has 174 valence electrons. The molecule has 1 aromatic carbocycles. The number of aryl methyl sites for hydroxylation is 1. The number of hydrogen-bond donors (Lipinski definition) is 3. The molecule has 0 aliphatic heterocycles. The Kier molecular flexibility index (Phi) is 6.62. The number of ether oxygens (including phenoxy) is 1. The molecule has 11 heteroatoms. The first-order chi connectivity index (χ1) is 16.4. The Balaban J connectivity index is 1.41. The number of halogens is 2. The first kappa shape index (κ1) is 22.6. The van der Waals surface area contributed by atoms with Crippen molar-refractivity contribution < 1.29 is 18.3 Å². The normalized spacial score (nSPS) is 10.6. The zero-order valence-electron chi connectivity index (χ0n) is 18.3. The van der Waals surface area contributed by atoms with Gasteiger partial charge in [0.05, 0.1) is 19.7 Å². The number of anilines is 3. The standard InChI is InChI=1S/C23H21F2N7O2/c1-32-20(7-10-28-32)29-18-11-14(5-8-26-18)15-6-9-27-19(12-15)30-31-21(33)13-16-3-4-17(34-2)23(25)22(16)24/h3-12H,13H2,1-2H3,(H,26,29)(H,27,30)(H,31,33). The molecule has 3 N–H and O–H groups in total. The van der Waals surface area contributed by atoms with E-state index in [4.69, 9.17) is 4.74 Å². The zero-order valence-corrected chi connectivity index (χ0v) is 18.3. The second-order valence-corrected chi connectivity index (χ2v) is 7.23. The van der Waals surface area contributed by atoms with Crippen molar-refractivity contribution in [1.82, 2.24) is 25.2 Å². The second-order valence-electron chi connectivity index (χ2n) is 7.23. The molecule has 3 heterocycles. The predicted molar refractivity (Wildman–Crippen MR) is 122 cm³/mol. The predicted octanol–water partition coefficient (Wildman–Crippen LogP) is 3.59. The van der Waals surface area contributed by atoms with Gasteiger partial charge in [0, 0.05) is 31.1 Å². The lowest BCUT2D eigenvalue weighted by Crippen LogP contribution is -2.31. The van der Waals surface area contributed by atoms with Gasteiger partial charge < -0.3 is 10.1 Å². The highest BCUT2D eigenvalue weighted by atomic mass is 19.2. The summed E-state index contributed by atoms with van der Waals surface area (Å²) >= 11 is 0. The molecule has 0 aliphatic carbocycles. The zero-order chi connectivity index (χ0) is 24.1. The SMILES string of the molecule is COc1ccc(CC(=O)NNc2cc(-c3ccnc(Nc4ccnn4C)c3)ccn2)c(F)c1F. The Hall–Kier alpha value is -4.54. The maximum atomic E-state index is 14.1. The van der Waals surface area contributed by atoms with E-state index in [1.807, 2.05) is 31.3 Å². The summed E-state index contributed by atoms with van der Waals surface area (Å²) in [6.07, 6.45) is 4.57. The van der Waals surface area contributed by atoms with Crippen molar-refractivity contribution in [3.05, 3.63) is 78.3 Å². The van der Waals surface area contributed by atoms with Gasteiger partial charge in [-0.25, -0.2) is 14.4 Å². The van der Waals surface area contributed by atoms with Gasteiger partial charge in [0.1, 0.15) is 17.5 Å². The molecule has 3 aromatic heterocycles. The van der Waals surface area contributed by atoms with Gasteiger partial charge in [-0.1, -0.05) is 6.07 Å². The lowest BCUT2D eigenvalue weighted by Gasteiger charge is -2.11. The summed E-state index contributed by atoms with van der Waals surface area (Å²) < 4.78 is 34.4. The van der Waals surface area contributed by atoms with Gasteiger partial charge in [0.2, 0.25) is 11.7 Å². The Morgan fingerprint density at radius 1 is 0.971 bits per heavy atom. The number of hydrogen-bond acceptors (Lipinski definition) is 7. The van der Waals surface area contributed by atoms with Crippen molar-refractivity contribution in [3.63, 3.8) is 0 Å². The van der Waals surface area contributed by atoms with Gasteiger partial charge in [-0.15, -0.1) is 0 Å². The maximum Gasteiger partial charge on any atom is 0.242 e. The fourth-order valence-corrected chi connectivity index (χ4v) is 3.20. The molecule has 1 amide bonds. The number of nitrogens with zero attached hydrogens (tertiary/aromatic N) is 4. The third-order valence-corrected chi connectivity index (χ3v) is 4.96. The molecule has 0 bridgehead atoms. The first-order valence-corrected chi connectivity index (χ1v) is 10.2. The van der Waals surface area contributed by atoms with Crippen LogP contribution in [0.4, 0.5) is 26.2 Å². The maximum absolute atomic E-state index is 14.1. The molecular weight excluding hydrogens is 444 g/mol. The minimum absolute atomic E-state index is 0.0930. The van der Waals surface area contributed by atoms with Crippen LogP contribution in [0.5, 0.6) is 5.75 Å². The summed E-state index contributed by atoms with van der Waals surface area (Å²) in [5, 5.41) is 7.30. The number of aromatic nitrogens is 4. The van der Waals surface area contributed by atoms with Crippen LogP contribution in [0, 0.1) is 11.6 Å². The first-order valence-electron chi connectivity index (χ1n) is 10.2. The Morgan fingerprint density at radius 2 is 1.68 bits per heavy atom. The highest BCUT2D eigenvalue weighted by Gasteiger charge is 2.16. The van der Waals surface area contributed by atoms with E-state index in [0.717, 1.165) is 16.9 Å². The molecule has 0 spiro atoms. The van der Waals surface area contributed by atoms with E-state index >= 15 is 0 Å². The molecule has 0 radical (unpaired) electrons. The van der Waals surface area contributed by atoms with Crippen LogP contribution in [-0.2, 0) is 18.3 Å². The lowest BCUT2D eigenvalue weighted by molar-refractivity contribution is -0.120. The van der Waals surface area contributed by atoms with Gasteiger partial charge in [0.15, 0.2) is 11.6 Å². The van der Waals surface area contributed by atoms with E-state index in [-0.39, 0.29) is 17.7 Å². The van der Waals surface area contributed by atoms with Gasteiger partial charge in [-0.2, -0.15) is 9.49 Å². The fraction of sp³-hybridized carbons (Fsp3) is 0.130. The number of methoxy groups -OCH3 is 1. The number of amides is 1. The van der Waals surface area contributed by atoms with Crippen molar-refractivity contribution in [1.29, 1.82) is 0 Å². The van der Waals surface area contributed by atoms with Gasteiger partial charge >= 0.3 is 0 Å². The molecule has 0 saturated carbocycles. The molecule has 4 rings (SSSR count). The van der Waals surface area contributed by atoms with Gasteiger partial charge in [0.25, 0.3) is 0 Å². The Bertz CT molecular complexity index is 1330. The van der Waals surface area contributed by atoms with E-state index < -0.39 is 17.5 Å². The minimum atomic E-state index is -1.13. The molecule has 0 atom stereocenters. The van der Waals surface area contributed by atoms with Crippen LogP contribution in [0.1, 0.15) is 5.56 Å². The minimum Gasteiger partial charge on any atom is -0.494 e. The average molecular weight is 465 g/mol. The molecule has 9 nitrogen and oxygen atoms in total. The van der Waals surface area contributed by atoms with Crippen LogP contribution in [0.25, 0.3) is 11.1 Å². The van der Waals surface area contributed by atoms with Crippen LogP contribution in [-0.4, -0.2) is 32.8 Å². The van der Waals surface area contributed by atoms with Gasteiger partial charge in [-0.05, 0) is 41.5 Å². The fourth-order valence-electron chi connectivity index (χ4n) is 3.20. The Morgan fingerprint density at radius 3 is 2.35 bits per heavy atom. The average Bonchev–Trinajstić information content (AvgIpc) is 3.25. The quantitative estimate of drug-likeness (QED) is 0.342. The smallest absolute Gasteiger partial charge is 0.242 e. The molecule has 34 heavy (non-hydrogen) atoms. The number of nitrogens with one attached hydrogen (secondary N) is 3. The summed E-state index contributed by atoms with van der Waals surface area (Å²) in [5.41, 5.74) is 6.74. The van der Waals surface area contributed by atoms with E-state index in [0.29, 0.717) is 11.6 Å². The molecule has 0 fully saturated rings. The summed E-state index contributed by atoms with van der Waals surface area (Å²) in [6, 6.07) is 11.7. The molecular formula is C23H21F2N7O2. The van der Waals surface area contributed by atoms with Crippen LogP contribution in [0.3, 0.4) is 0 Å². The molecule has 0 aliphatic rings. The Labute approximate surface area is 193 Å². The summed E-state index contributed by atoms with van der Waals surface area (Å²) in [6.45, 7) is 0. The number of carbonyl (C=O) groups excluding carboxylic acids is 1. The topological polar surface area (TPSA) is 106 Å². The molecule has 0 unspecified atom stereocenters. The summed E-state index contributed by atoms with van der Waals surface area (Å²) in [7, 11) is 3.06. The highest BCUT2D eigenvalue weighted by molar-refractivity contribution is 5.80. The number of benzene rings is 1. The molecule has 0 saturated heterocycles.